The molecule has 2 N–H and O–H groups in total. The molecule has 156 valence electrons. The van der Waals surface area contributed by atoms with Crippen LogP contribution in [0.1, 0.15) is 50.9 Å². The lowest BCUT2D eigenvalue weighted by atomic mass is 10.1. The molecule has 1 fully saturated rings. The Morgan fingerprint density at radius 1 is 1.21 bits per heavy atom. The van der Waals surface area contributed by atoms with Crippen LogP contribution in [0.4, 0.5) is 0 Å². The molecule has 9 heteroatoms. The van der Waals surface area contributed by atoms with Crippen LogP contribution in [0.5, 0.6) is 0 Å². The highest BCUT2D eigenvalue weighted by molar-refractivity contribution is 5.92. The van der Waals surface area contributed by atoms with E-state index >= 15 is 0 Å². The van der Waals surface area contributed by atoms with Crippen LogP contribution in [0.15, 0.2) is 22.8 Å². The summed E-state index contributed by atoms with van der Waals surface area (Å²) in [6.45, 7) is 6.20. The van der Waals surface area contributed by atoms with Crippen molar-refractivity contribution in [3.63, 3.8) is 0 Å². The maximum atomic E-state index is 12.4. The van der Waals surface area contributed by atoms with Crippen LogP contribution >= 0.6 is 0 Å². The Bertz CT molecular complexity index is 892. The number of aromatic nitrogens is 1. The molecule has 1 atom stereocenters. The molecular formula is C20H25N3O6. The van der Waals surface area contributed by atoms with Crippen molar-refractivity contribution in [2.75, 3.05) is 32.8 Å². The molecule has 0 spiro atoms. The lowest BCUT2D eigenvalue weighted by Gasteiger charge is -2.34. The second-order valence-corrected chi connectivity index (χ2v) is 7.07. The first-order valence-corrected chi connectivity index (χ1v) is 9.44. The first kappa shape index (κ1) is 20.7. The summed E-state index contributed by atoms with van der Waals surface area (Å²) in [5.41, 5.74) is 2.19. The summed E-state index contributed by atoms with van der Waals surface area (Å²) < 4.78 is 10.3. The zero-order valence-corrected chi connectivity index (χ0v) is 16.7. The molecule has 3 heterocycles. The normalized spacial score (nSPS) is 15.3. The summed E-state index contributed by atoms with van der Waals surface area (Å²) in [6.07, 6.45) is 0.730. The summed E-state index contributed by atoms with van der Waals surface area (Å²) in [4.78, 5) is 43.1. The fourth-order valence-electron chi connectivity index (χ4n) is 3.60. The zero-order chi connectivity index (χ0) is 21.1. The molecule has 1 aliphatic rings. The molecule has 3 rings (SSSR count). The molecule has 2 aromatic rings. The number of aryl methyl sites for hydroxylation is 1. The van der Waals surface area contributed by atoms with E-state index in [2.05, 4.69) is 4.98 Å². The van der Waals surface area contributed by atoms with E-state index in [1.54, 1.807) is 42.7 Å². The third kappa shape index (κ3) is 4.34. The largest absolute Gasteiger partial charge is 0.459 e. The second-order valence-electron chi connectivity index (χ2n) is 7.07. The molecule has 1 aliphatic heterocycles. The molecule has 2 amide bonds. The minimum absolute atomic E-state index is 0.208. The Hall–Kier alpha value is -3.07. The predicted octanol–water partition coefficient (Wildman–Crippen LogP) is 1.42. The Balaban J connectivity index is 1.51. The van der Waals surface area contributed by atoms with Gasteiger partial charge in [-0.1, -0.05) is 0 Å². The third-order valence-corrected chi connectivity index (χ3v) is 5.10. The van der Waals surface area contributed by atoms with Gasteiger partial charge in [0.05, 0.1) is 12.4 Å². The number of carbonyl (C=O) groups excluding carboxylic acids is 3. The van der Waals surface area contributed by atoms with Gasteiger partial charge in [-0.15, -0.1) is 0 Å². The number of hydrogen-bond donors (Lipinski definition) is 2. The average molecular weight is 403 g/mol. The van der Waals surface area contributed by atoms with Gasteiger partial charge >= 0.3 is 5.97 Å². The van der Waals surface area contributed by atoms with Crippen molar-refractivity contribution in [3.05, 3.63) is 46.7 Å². The number of nitrogens with one attached hydrogen (secondary N) is 1. The lowest BCUT2D eigenvalue weighted by Crippen LogP contribution is -2.51. The first-order chi connectivity index (χ1) is 13.8. The minimum Gasteiger partial charge on any atom is -0.459 e. The summed E-state index contributed by atoms with van der Waals surface area (Å²) >= 11 is 0. The van der Waals surface area contributed by atoms with Gasteiger partial charge in [-0.05, 0) is 38.5 Å². The van der Waals surface area contributed by atoms with E-state index in [-0.39, 0.29) is 29.9 Å². The quantitative estimate of drug-likeness (QED) is 0.730. The fraction of sp³-hybridized carbons (Fsp3) is 0.450. The van der Waals surface area contributed by atoms with Crippen molar-refractivity contribution in [1.29, 1.82) is 0 Å². The van der Waals surface area contributed by atoms with Gasteiger partial charge in [0, 0.05) is 37.4 Å². The van der Waals surface area contributed by atoms with Gasteiger partial charge in [-0.3, -0.25) is 9.59 Å². The first-order valence-electron chi connectivity index (χ1n) is 9.44. The van der Waals surface area contributed by atoms with E-state index in [4.69, 9.17) is 9.15 Å². The van der Waals surface area contributed by atoms with E-state index < -0.39 is 12.1 Å². The van der Waals surface area contributed by atoms with Crippen LogP contribution in [0.2, 0.25) is 0 Å². The van der Waals surface area contributed by atoms with Gasteiger partial charge in [-0.2, -0.15) is 0 Å². The highest BCUT2D eigenvalue weighted by Crippen LogP contribution is 2.24. The van der Waals surface area contributed by atoms with Gasteiger partial charge in [0.25, 0.3) is 11.8 Å². The lowest BCUT2D eigenvalue weighted by molar-refractivity contribution is -0.136. The van der Waals surface area contributed by atoms with Crippen LogP contribution in [0.3, 0.4) is 0 Å². The van der Waals surface area contributed by atoms with Crippen molar-refractivity contribution < 1.29 is 28.6 Å². The Labute approximate surface area is 168 Å². The number of ether oxygens (including phenoxy) is 1. The Morgan fingerprint density at radius 2 is 1.86 bits per heavy atom. The molecule has 9 nitrogen and oxygen atoms in total. The highest BCUT2D eigenvalue weighted by atomic mass is 16.5. The Kier molecular flexibility index (Phi) is 6.07. The van der Waals surface area contributed by atoms with Gasteiger partial charge in [0.15, 0.2) is 12.4 Å². The smallest absolute Gasteiger partial charge is 0.355 e. The molecule has 0 aliphatic carbocycles. The van der Waals surface area contributed by atoms with Crippen molar-refractivity contribution in [2.45, 2.75) is 26.9 Å². The molecule has 0 aromatic carbocycles. The molecule has 2 aromatic heterocycles. The highest BCUT2D eigenvalue weighted by Gasteiger charge is 2.27. The standard InChI is InChI=1S/C20H25N3O6/c1-12-17(14(3)24)13(2)21-18(12)20(27)29-11-16(25)22-6-8-23(9-7-22)19(26)15-5-4-10-28-15/h4-5,10,14,21,24H,6-9,11H2,1-3H3/t14-/m0/s1. The van der Waals surface area contributed by atoms with Crippen LogP contribution in [0.25, 0.3) is 0 Å². The van der Waals surface area contributed by atoms with Crippen molar-refractivity contribution in [1.82, 2.24) is 14.8 Å². The minimum atomic E-state index is -0.713. The summed E-state index contributed by atoms with van der Waals surface area (Å²) in [5.74, 6) is -0.899. The number of amides is 2. The van der Waals surface area contributed by atoms with Crippen molar-refractivity contribution in [3.8, 4) is 0 Å². The zero-order valence-electron chi connectivity index (χ0n) is 16.7. The maximum Gasteiger partial charge on any atom is 0.355 e. The number of aromatic amines is 1. The number of nitrogens with zero attached hydrogens (tertiary/aromatic N) is 2. The summed E-state index contributed by atoms with van der Waals surface area (Å²) in [6, 6.07) is 3.26. The van der Waals surface area contributed by atoms with E-state index in [0.717, 1.165) is 0 Å². The number of furan rings is 1. The average Bonchev–Trinajstić information content (AvgIpc) is 3.33. The number of rotatable bonds is 5. The molecule has 1 saturated heterocycles. The second kappa shape index (κ2) is 8.52. The molecule has 0 radical (unpaired) electrons. The third-order valence-electron chi connectivity index (χ3n) is 5.10. The van der Waals surface area contributed by atoms with Gasteiger partial charge in [0.1, 0.15) is 5.69 Å². The predicted molar refractivity (Wildman–Crippen MR) is 102 cm³/mol. The molecule has 29 heavy (non-hydrogen) atoms. The maximum absolute atomic E-state index is 12.4. The summed E-state index contributed by atoms with van der Waals surface area (Å²) in [7, 11) is 0. The number of hydrogen-bond acceptors (Lipinski definition) is 6. The van der Waals surface area contributed by atoms with E-state index in [1.807, 2.05) is 0 Å². The van der Waals surface area contributed by atoms with Crippen LogP contribution in [-0.2, 0) is 9.53 Å². The molecular weight excluding hydrogens is 378 g/mol. The van der Waals surface area contributed by atoms with E-state index in [1.165, 1.54) is 6.26 Å². The monoisotopic (exact) mass is 403 g/mol. The fourth-order valence-corrected chi connectivity index (χ4v) is 3.60. The van der Waals surface area contributed by atoms with E-state index in [9.17, 15) is 19.5 Å². The number of carbonyl (C=O) groups is 3. The Morgan fingerprint density at radius 3 is 2.41 bits per heavy atom. The topological polar surface area (TPSA) is 116 Å². The summed E-state index contributed by atoms with van der Waals surface area (Å²) in [5, 5.41) is 9.82. The van der Waals surface area contributed by atoms with Crippen LogP contribution in [0, 0.1) is 13.8 Å². The number of aliphatic hydroxyl groups is 1. The molecule has 0 bridgehead atoms. The van der Waals surface area contributed by atoms with Gasteiger partial charge < -0.3 is 29.0 Å². The molecule has 0 saturated carbocycles. The number of aliphatic hydroxyl groups excluding tert-OH is 1. The van der Waals surface area contributed by atoms with E-state index in [0.29, 0.717) is 43.0 Å². The van der Waals surface area contributed by atoms with Gasteiger partial charge in [-0.25, -0.2) is 4.79 Å². The van der Waals surface area contributed by atoms with Crippen molar-refractivity contribution in [2.24, 2.45) is 0 Å². The van der Waals surface area contributed by atoms with Crippen LogP contribution in [-0.4, -0.2) is 70.5 Å². The van der Waals surface area contributed by atoms with Crippen LogP contribution < -0.4 is 0 Å². The SMILES string of the molecule is Cc1[nH]c(C(=O)OCC(=O)N2CCN(C(=O)c3ccco3)CC2)c(C)c1[C@H](C)O. The number of H-pyrrole nitrogens is 1. The molecule has 0 unspecified atom stereocenters. The number of esters is 1. The van der Waals surface area contributed by atoms with Crippen molar-refractivity contribution >= 4 is 17.8 Å². The van der Waals surface area contributed by atoms with Gasteiger partial charge in [0.2, 0.25) is 0 Å². The number of piperazine rings is 1.